The molecule has 2 fully saturated rings. The first-order valence-corrected chi connectivity index (χ1v) is 22.4. The van der Waals surface area contributed by atoms with Gasteiger partial charge in [0.05, 0.1) is 31.9 Å². The number of benzene rings is 1. The van der Waals surface area contributed by atoms with E-state index in [1.807, 2.05) is 13.0 Å². The van der Waals surface area contributed by atoms with Crippen molar-refractivity contribution < 1.29 is 52.8 Å². The van der Waals surface area contributed by atoms with Crippen molar-refractivity contribution in [3.63, 3.8) is 0 Å². The molecular formula is C41H61ClN4O11S2. The summed E-state index contributed by atoms with van der Waals surface area (Å²) in [6, 6.07) is 2.59. The Bertz CT molecular complexity index is 1750. The number of anilines is 1. The number of hydrogen-bond acceptors (Lipinski definition) is 14. The predicted molar refractivity (Wildman–Crippen MR) is 229 cm³/mol. The number of esters is 1. The van der Waals surface area contributed by atoms with Crippen LogP contribution in [-0.2, 0) is 44.6 Å². The molecule has 1 aromatic carbocycles. The van der Waals surface area contributed by atoms with Crippen molar-refractivity contribution in [1.82, 2.24) is 10.2 Å². The number of epoxide rings is 1. The number of alkyl carbamates (subject to hydrolysis) is 1. The van der Waals surface area contributed by atoms with Crippen LogP contribution in [0.4, 0.5) is 10.5 Å². The summed E-state index contributed by atoms with van der Waals surface area (Å²) in [4.78, 5) is 61.9. The highest BCUT2D eigenvalue weighted by molar-refractivity contribution is 8.77. The van der Waals surface area contributed by atoms with Crippen LogP contribution in [0.25, 0.3) is 0 Å². The third kappa shape index (κ3) is 12.3. The highest BCUT2D eigenvalue weighted by Gasteiger charge is 2.64. The number of aliphatic hydroxyl groups is 1. The van der Waals surface area contributed by atoms with Crippen molar-refractivity contribution in [1.29, 1.82) is 0 Å². The Morgan fingerprint density at radius 3 is 2.63 bits per heavy atom. The van der Waals surface area contributed by atoms with Crippen LogP contribution in [0.1, 0.15) is 79.2 Å². The van der Waals surface area contributed by atoms with Gasteiger partial charge in [0.2, 0.25) is 11.8 Å². The molecule has 3 heterocycles. The van der Waals surface area contributed by atoms with Gasteiger partial charge in [0.1, 0.15) is 40.7 Å². The van der Waals surface area contributed by atoms with E-state index in [0.29, 0.717) is 30.9 Å². The summed E-state index contributed by atoms with van der Waals surface area (Å²) in [7, 11) is 9.43. The van der Waals surface area contributed by atoms with Crippen molar-refractivity contribution in [3.8, 4) is 5.75 Å². The van der Waals surface area contributed by atoms with E-state index < -0.39 is 65.7 Å². The van der Waals surface area contributed by atoms with Crippen LogP contribution >= 0.6 is 33.2 Å². The van der Waals surface area contributed by atoms with Crippen molar-refractivity contribution >= 4 is 62.8 Å². The van der Waals surface area contributed by atoms with E-state index in [4.69, 9.17) is 41.2 Å². The topological polar surface area (TPSA) is 192 Å². The minimum Gasteiger partial charge on any atom is -0.495 e. The molecule has 1 aromatic rings. The Labute approximate surface area is 360 Å². The molecule has 15 nitrogen and oxygen atoms in total. The minimum atomic E-state index is -1.84. The number of carbonyl (C=O) groups excluding carboxylic acids is 4. The summed E-state index contributed by atoms with van der Waals surface area (Å²) in [5, 5.41) is 14.5. The zero-order valence-electron chi connectivity index (χ0n) is 35.7. The predicted octanol–water partition coefficient (Wildman–Crippen LogP) is 5.74. The number of allylic oxidation sites excluding steroid dienone is 3. The second-order valence-electron chi connectivity index (χ2n) is 16.3. The number of fused-ring (bicyclic) bond motifs is 5. The van der Waals surface area contributed by atoms with E-state index in [1.54, 1.807) is 80.7 Å². The molecular weight excluding hydrogens is 824 g/mol. The third-order valence-corrected chi connectivity index (χ3v) is 15.1. The van der Waals surface area contributed by atoms with Crippen molar-refractivity contribution in [2.45, 2.75) is 127 Å². The number of rotatable bonds is 14. The van der Waals surface area contributed by atoms with Gasteiger partial charge in [0.25, 0.3) is 0 Å². The SMILES string of the molecule is COc1cc2cc(c1Cl)N(C)C(=O)C[C@H](OC(=O)[C@H](C)N(C)C(=O)CCC(C)(C)SSCCCON)[C@]1(C)O[C@H]1[C@H](C)[C@@H]1C[C@@](O)(NC(=O)O1)[C@H](OC)/C=C/C=C(\C)C2. The second kappa shape index (κ2) is 20.7. The fraction of sp³-hybridized carbons (Fsp3) is 0.659. The summed E-state index contributed by atoms with van der Waals surface area (Å²) < 4.78 is 29.2. The van der Waals surface area contributed by atoms with Crippen molar-refractivity contribution in [3.05, 3.63) is 46.5 Å². The molecule has 330 valence electrons. The number of nitrogens with zero attached hydrogens (tertiary/aromatic N) is 2. The summed E-state index contributed by atoms with van der Waals surface area (Å²) in [5.74, 6) is 4.39. The van der Waals surface area contributed by atoms with Crippen LogP contribution in [0.2, 0.25) is 5.02 Å². The maximum absolute atomic E-state index is 14.3. The number of nitrogens with two attached hydrogens (primary N) is 1. The fourth-order valence-corrected chi connectivity index (χ4v) is 10.2. The molecule has 59 heavy (non-hydrogen) atoms. The quantitative estimate of drug-likeness (QED) is 0.0674. The first-order chi connectivity index (χ1) is 27.7. The minimum absolute atomic E-state index is 0.0567. The molecule has 3 amide bonds. The maximum atomic E-state index is 14.3. The summed E-state index contributed by atoms with van der Waals surface area (Å²) in [6.45, 7) is 11.6. The molecule has 0 unspecified atom stereocenters. The van der Waals surface area contributed by atoms with Gasteiger partial charge in [-0.15, -0.1) is 0 Å². The molecule has 0 saturated carbocycles. The molecule has 3 aliphatic heterocycles. The molecule has 2 saturated heterocycles. The number of halogens is 1. The van der Waals surface area contributed by atoms with Crippen molar-refractivity contribution in [2.24, 2.45) is 11.8 Å². The van der Waals surface area contributed by atoms with E-state index in [9.17, 15) is 24.3 Å². The van der Waals surface area contributed by atoms with Crippen LogP contribution in [0.5, 0.6) is 5.75 Å². The summed E-state index contributed by atoms with van der Waals surface area (Å²) >= 11 is 6.80. The molecule has 4 rings (SSSR count). The Morgan fingerprint density at radius 1 is 1.25 bits per heavy atom. The van der Waals surface area contributed by atoms with E-state index >= 15 is 0 Å². The first-order valence-electron chi connectivity index (χ1n) is 19.7. The number of carbonyl (C=O) groups is 4. The van der Waals surface area contributed by atoms with Crippen LogP contribution in [0.15, 0.2) is 35.9 Å². The van der Waals surface area contributed by atoms with Gasteiger partial charge in [-0.25, -0.2) is 15.5 Å². The Kier molecular flexibility index (Phi) is 17.1. The maximum Gasteiger partial charge on any atom is 0.409 e. The lowest BCUT2D eigenvalue weighted by molar-refractivity contribution is -0.162. The van der Waals surface area contributed by atoms with Gasteiger partial charge in [0, 0.05) is 50.5 Å². The molecule has 0 radical (unpaired) electrons. The highest BCUT2D eigenvalue weighted by Crippen LogP contribution is 2.49. The van der Waals surface area contributed by atoms with Gasteiger partial charge in [-0.2, -0.15) is 0 Å². The molecule has 0 spiro atoms. The number of hydrogen-bond donors (Lipinski definition) is 3. The number of ether oxygens (including phenoxy) is 5. The molecule has 0 aliphatic carbocycles. The largest absolute Gasteiger partial charge is 0.495 e. The fourth-order valence-electron chi connectivity index (χ4n) is 7.25. The monoisotopic (exact) mass is 884 g/mol. The molecule has 4 N–H and O–H groups in total. The molecule has 0 aromatic heterocycles. The smallest absolute Gasteiger partial charge is 0.409 e. The number of methoxy groups -OCH3 is 2. The van der Waals surface area contributed by atoms with E-state index in [2.05, 4.69) is 24.0 Å². The summed E-state index contributed by atoms with van der Waals surface area (Å²) in [6.07, 6.45) is 2.46. The molecule has 3 aliphatic rings. The average Bonchev–Trinajstić information content (AvgIpc) is 3.88. The normalized spacial score (nSPS) is 29.5. The van der Waals surface area contributed by atoms with E-state index in [-0.39, 0.29) is 34.9 Å². The molecule has 18 heteroatoms. The van der Waals surface area contributed by atoms with Crippen LogP contribution in [0.3, 0.4) is 0 Å². The number of amides is 3. The van der Waals surface area contributed by atoms with Gasteiger partial charge in [0.15, 0.2) is 5.72 Å². The number of likely N-dealkylation sites (N-methyl/N-ethyl adjacent to an activating group) is 1. The van der Waals surface area contributed by atoms with E-state index in [1.165, 1.54) is 24.0 Å². The summed E-state index contributed by atoms with van der Waals surface area (Å²) in [5.41, 5.74) is -0.949. The zero-order chi connectivity index (χ0) is 43.9. The first kappa shape index (κ1) is 48.6. The van der Waals surface area contributed by atoms with E-state index in [0.717, 1.165) is 23.3 Å². The zero-order valence-corrected chi connectivity index (χ0v) is 38.1. The van der Waals surface area contributed by atoms with Gasteiger partial charge < -0.3 is 43.4 Å². The Morgan fingerprint density at radius 2 is 1.97 bits per heavy atom. The van der Waals surface area contributed by atoms with Crippen molar-refractivity contribution in [2.75, 3.05) is 45.6 Å². The highest BCUT2D eigenvalue weighted by atomic mass is 35.5. The average molecular weight is 886 g/mol. The molecule has 8 atom stereocenters. The molecule has 4 bridgehead atoms. The standard InChI is InChI=1S/C41H61ClN4O11S2/c1-24-13-11-14-31(53-10)41(51)23-30(55-38(50)44-41)25(2)36-40(6,57-36)32(22-34(48)46(8)28-20-27(19-24)21-29(52-9)35(28)42)56-37(49)26(3)45(7)33(47)15-16-39(4,5)59-58-18-12-17-54-43/h11,13-14,20-21,25-26,30-32,36,51H,12,15-19,22-23,43H2,1-10H3,(H,44,50)/b14-11+,24-13+/t25-,26+,30+,31-,32+,36+,40+,41+/m1/s1. The number of nitrogens with one attached hydrogen (secondary N) is 1. The lowest BCUT2D eigenvalue weighted by Crippen LogP contribution is -2.63. The third-order valence-electron chi connectivity index (χ3n) is 11.2. The van der Waals surface area contributed by atoms with Crippen LogP contribution in [-0.4, -0.2) is 121 Å². The van der Waals surface area contributed by atoms with Gasteiger partial charge in [-0.1, -0.05) is 63.9 Å². The second-order valence-corrected chi connectivity index (χ2v) is 19.8. The van der Waals surface area contributed by atoms with Gasteiger partial charge >= 0.3 is 12.1 Å². The Hall–Kier alpha value is -3.03. The lowest BCUT2D eigenvalue weighted by Gasteiger charge is -2.42. The Balaban J connectivity index is 1.64. The van der Waals surface area contributed by atoms with Gasteiger partial charge in [-0.3, -0.25) is 14.9 Å². The lowest BCUT2D eigenvalue weighted by atomic mass is 9.83. The van der Waals surface area contributed by atoms with Crippen LogP contribution in [0, 0.1) is 5.92 Å². The van der Waals surface area contributed by atoms with Gasteiger partial charge in [-0.05, 0) is 71.6 Å². The van der Waals surface area contributed by atoms with Crippen LogP contribution < -0.4 is 20.9 Å².